The largest absolute Gasteiger partial charge is 0.507 e. The molecule has 3 N–H and O–H groups in total. The van der Waals surface area contributed by atoms with Crippen LogP contribution in [-0.2, 0) is 4.79 Å². The number of hydrogen-bond acceptors (Lipinski definition) is 5. The highest BCUT2D eigenvalue weighted by atomic mass is 16.3. The molecule has 2 aromatic carbocycles. The van der Waals surface area contributed by atoms with Crippen molar-refractivity contribution in [3.8, 4) is 5.75 Å². The summed E-state index contributed by atoms with van der Waals surface area (Å²) < 4.78 is 0. The molecule has 0 fully saturated rings. The summed E-state index contributed by atoms with van der Waals surface area (Å²) in [6.45, 7) is 1.69. The summed E-state index contributed by atoms with van der Waals surface area (Å²) in [5, 5.41) is 14.8. The van der Waals surface area contributed by atoms with Crippen LogP contribution in [0.15, 0.2) is 48.5 Å². The van der Waals surface area contributed by atoms with E-state index in [2.05, 4.69) is 10.6 Å². The van der Waals surface area contributed by atoms with Crippen LogP contribution in [0.1, 0.15) is 38.0 Å². The second-order valence-electron chi connectivity index (χ2n) is 6.27. The van der Waals surface area contributed by atoms with Crippen molar-refractivity contribution in [1.82, 2.24) is 15.5 Å². The minimum Gasteiger partial charge on any atom is -0.507 e. The highest BCUT2D eigenvalue weighted by Gasteiger charge is 2.40. The van der Waals surface area contributed by atoms with E-state index in [9.17, 15) is 24.3 Å². The van der Waals surface area contributed by atoms with E-state index in [1.807, 2.05) is 0 Å². The molecule has 4 amide bonds. The molecule has 28 heavy (non-hydrogen) atoms. The van der Waals surface area contributed by atoms with Gasteiger partial charge in [-0.05, 0) is 31.2 Å². The van der Waals surface area contributed by atoms with Crippen LogP contribution in [0.25, 0.3) is 0 Å². The van der Waals surface area contributed by atoms with Crippen molar-refractivity contribution >= 4 is 23.6 Å². The quantitative estimate of drug-likeness (QED) is 0.508. The first-order valence-corrected chi connectivity index (χ1v) is 8.72. The van der Waals surface area contributed by atoms with Crippen LogP contribution in [0.3, 0.4) is 0 Å². The van der Waals surface area contributed by atoms with Crippen molar-refractivity contribution in [2.75, 3.05) is 13.1 Å². The summed E-state index contributed by atoms with van der Waals surface area (Å²) in [6, 6.07) is 11.5. The number of amides is 4. The van der Waals surface area contributed by atoms with Crippen molar-refractivity contribution in [3.05, 3.63) is 65.2 Å². The molecule has 0 aliphatic carbocycles. The van der Waals surface area contributed by atoms with E-state index in [4.69, 9.17) is 0 Å². The van der Waals surface area contributed by atoms with Gasteiger partial charge in [-0.25, -0.2) is 0 Å². The fraction of sp³-hybridized carbons (Fsp3) is 0.200. The fourth-order valence-corrected chi connectivity index (χ4v) is 2.95. The maximum Gasteiger partial charge on any atom is 0.262 e. The number of phenols is 1. The van der Waals surface area contributed by atoms with Crippen molar-refractivity contribution < 1.29 is 24.3 Å². The van der Waals surface area contributed by atoms with Crippen LogP contribution in [0.2, 0.25) is 0 Å². The van der Waals surface area contributed by atoms with Gasteiger partial charge in [0, 0.05) is 13.1 Å². The topological polar surface area (TPSA) is 116 Å². The number of carbonyl (C=O) groups is 4. The van der Waals surface area contributed by atoms with E-state index in [0.717, 1.165) is 4.90 Å². The molecular weight excluding hydrogens is 362 g/mol. The summed E-state index contributed by atoms with van der Waals surface area (Å²) in [4.78, 5) is 50.1. The number of phenolic OH excluding ortho intramolecular Hbond substituents is 1. The molecule has 0 aromatic heterocycles. The Morgan fingerprint density at radius 1 is 0.929 bits per heavy atom. The number of imide groups is 1. The highest BCUT2D eigenvalue weighted by Crippen LogP contribution is 2.24. The van der Waals surface area contributed by atoms with Crippen molar-refractivity contribution in [2.24, 2.45) is 0 Å². The third kappa shape index (κ3) is 3.57. The normalized spacial score (nSPS) is 13.8. The van der Waals surface area contributed by atoms with Crippen molar-refractivity contribution in [1.29, 1.82) is 0 Å². The number of hydrogen-bond donors (Lipinski definition) is 3. The van der Waals surface area contributed by atoms with Gasteiger partial charge in [-0.2, -0.15) is 0 Å². The second kappa shape index (κ2) is 7.91. The molecule has 144 valence electrons. The third-order valence-electron chi connectivity index (χ3n) is 4.45. The van der Waals surface area contributed by atoms with Gasteiger partial charge in [0.15, 0.2) is 0 Å². The van der Waals surface area contributed by atoms with Crippen molar-refractivity contribution in [3.63, 3.8) is 0 Å². The SMILES string of the molecule is CC(C(=O)NCCNC(=O)c1ccccc1O)N1C(=O)c2ccccc2C1=O. The maximum absolute atomic E-state index is 12.4. The summed E-state index contributed by atoms with van der Waals surface area (Å²) in [7, 11) is 0. The molecular formula is C20H19N3O5. The summed E-state index contributed by atoms with van der Waals surface area (Å²) >= 11 is 0. The minimum atomic E-state index is -0.985. The Balaban J connectivity index is 1.52. The first-order chi connectivity index (χ1) is 13.4. The Labute approximate surface area is 161 Å². The Bertz CT molecular complexity index is 921. The van der Waals surface area contributed by atoms with Gasteiger partial charge >= 0.3 is 0 Å². The van der Waals surface area contributed by atoms with Gasteiger partial charge < -0.3 is 15.7 Å². The van der Waals surface area contributed by atoms with Crippen LogP contribution in [0, 0.1) is 0 Å². The molecule has 1 unspecified atom stereocenters. The van der Waals surface area contributed by atoms with E-state index in [1.54, 1.807) is 36.4 Å². The zero-order valence-electron chi connectivity index (χ0n) is 15.1. The summed E-state index contributed by atoms with van der Waals surface area (Å²) in [5.74, 6) is -2.12. The summed E-state index contributed by atoms with van der Waals surface area (Å²) in [6.07, 6.45) is 0. The smallest absolute Gasteiger partial charge is 0.262 e. The molecule has 0 spiro atoms. The van der Waals surface area contributed by atoms with Gasteiger partial charge in [-0.1, -0.05) is 24.3 Å². The lowest BCUT2D eigenvalue weighted by atomic mass is 10.1. The lowest BCUT2D eigenvalue weighted by molar-refractivity contribution is -0.124. The zero-order valence-corrected chi connectivity index (χ0v) is 15.1. The zero-order chi connectivity index (χ0) is 20.3. The Morgan fingerprint density at radius 3 is 2.07 bits per heavy atom. The average Bonchev–Trinajstić information content (AvgIpc) is 2.95. The molecule has 1 heterocycles. The molecule has 8 nitrogen and oxygen atoms in total. The molecule has 0 radical (unpaired) electrons. The number of nitrogens with zero attached hydrogens (tertiary/aromatic N) is 1. The molecule has 8 heteroatoms. The summed E-state index contributed by atoms with van der Waals surface area (Å²) in [5.41, 5.74) is 0.692. The Morgan fingerprint density at radius 2 is 1.46 bits per heavy atom. The van der Waals surface area contributed by atoms with E-state index in [-0.39, 0.29) is 35.5 Å². The number of para-hydroxylation sites is 1. The maximum atomic E-state index is 12.4. The van der Waals surface area contributed by atoms with E-state index in [1.165, 1.54) is 19.1 Å². The first-order valence-electron chi connectivity index (χ1n) is 8.72. The number of nitrogens with one attached hydrogen (secondary N) is 2. The lowest BCUT2D eigenvalue weighted by Crippen LogP contribution is -2.49. The molecule has 3 rings (SSSR count). The molecule has 1 atom stereocenters. The molecule has 0 bridgehead atoms. The highest BCUT2D eigenvalue weighted by molar-refractivity contribution is 6.22. The van der Waals surface area contributed by atoms with Crippen molar-refractivity contribution in [2.45, 2.75) is 13.0 Å². The van der Waals surface area contributed by atoms with Crippen LogP contribution >= 0.6 is 0 Å². The molecule has 0 saturated heterocycles. The second-order valence-corrected chi connectivity index (χ2v) is 6.27. The van der Waals surface area contributed by atoms with Gasteiger partial charge in [0.1, 0.15) is 11.8 Å². The Kier molecular flexibility index (Phi) is 5.39. The van der Waals surface area contributed by atoms with E-state index in [0.29, 0.717) is 0 Å². The number of benzene rings is 2. The fourth-order valence-electron chi connectivity index (χ4n) is 2.95. The molecule has 1 aliphatic heterocycles. The van der Waals surface area contributed by atoms with Gasteiger partial charge in [-0.15, -0.1) is 0 Å². The molecule has 0 saturated carbocycles. The van der Waals surface area contributed by atoms with E-state index < -0.39 is 29.7 Å². The van der Waals surface area contributed by atoms with Crippen LogP contribution < -0.4 is 10.6 Å². The monoisotopic (exact) mass is 381 g/mol. The standard InChI is InChI=1S/C20H19N3O5/c1-12(23-19(27)13-6-2-3-7-14(13)20(23)28)17(25)21-10-11-22-18(26)15-8-4-5-9-16(15)24/h2-9,12,24H,10-11H2,1H3,(H,21,25)(H,22,26). The Hall–Kier alpha value is -3.68. The third-order valence-corrected chi connectivity index (χ3v) is 4.45. The van der Waals surface area contributed by atoms with Crippen LogP contribution in [0.4, 0.5) is 0 Å². The van der Waals surface area contributed by atoms with E-state index >= 15 is 0 Å². The predicted molar refractivity (Wildman–Crippen MR) is 99.9 cm³/mol. The molecule has 1 aliphatic rings. The number of carbonyl (C=O) groups excluding carboxylic acids is 4. The average molecular weight is 381 g/mol. The number of fused-ring (bicyclic) bond motifs is 1. The minimum absolute atomic E-state index is 0.103. The van der Waals surface area contributed by atoms with Gasteiger partial charge in [0.2, 0.25) is 5.91 Å². The van der Waals surface area contributed by atoms with Gasteiger partial charge in [-0.3, -0.25) is 24.1 Å². The number of aromatic hydroxyl groups is 1. The first kappa shape index (κ1) is 19.1. The number of rotatable bonds is 6. The predicted octanol–water partition coefficient (Wildman–Crippen LogP) is 0.923. The van der Waals surface area contributed by atoms with Crippen LogP contribution in [0.5, 0.6) is 5.75 Å². The molecule has 2 aromatic rings. The van der Waals surface area contributed by atoms with Gasteiger partial charge in [0.05, 0.1) is 16.7 Å². The van der Waals surface area contributed by atoms with Crippen LogP contribution in [-0.4, -0.2) is 52.8 Å². The lowest BCUT2D eigenvalue weighted by Gasteiger charge is -2.21. The van der Waals surface area contributed by atoms with Gasteiger partial charge in [0.25, 0.3) is 17.7 Å².